The molecule has 0 bridgehead atoms. The van der Waals surface area contributed by atoms with Gasteiger partial charge in [-0.3, -0.25) is 24.0 Å². The summed E-state index contributed by atoms with van der Waals surface area (Å²) in [6.45, 7) is 22.8. The molecule has 452 valence electrons. The van der Waals surface area contributed by atoms with Crippen molar-refractivity contribution in [1.29, 1.82) is 0 Å². The van der Waals surface area contributed by atoms with Gasteiger partial charge in [0.25, 0.3) is 0 Å². The van der Waals surface area contributed by atoms with Crippen LogP contribution >= 0.6 is 0 Å². The van der Waals surface area contributed by atoms with E-state index in [1.807, 2.05) is 58.0 Å². The Labute approximate surface area is 471 Å². The summed E-state index contributed by atoms with van der Waals surface area (Å²) < 4.78 is 50.8. The molecule has 0 aromatic heterocycles. The van der Waals surface area contributed by atoms with Crippen LogP contribution in [0.1, 0.15) is 113 Å². The van der Waals surface area contributed by atoms with E-state index in [4.69, 9.17) is 48.4 Å². The maximum absolute atomic E-state index is 14.7. The van der Waals surface area contributed by atoms with Gasteiger partial charge in [-0.25, -0.2) is 4.79 Å². The van der Waals surface area contributed by atoms with Crippen molar-refractivity contribution in [2.24, 2.45) is 23.5 Å². The summed E-state index contributed by atoms with van der Waals surface area (Å²) in [5.41, 5.74) is 4.28. The lowest BCUT2D eigenvalue weighted by atomic mass is 9.89. The van der Waals surface area contributed by atoms with Gasteiger partial charge in [0.1, 0.15) is 23.2 Å². The molecule has 3 rings (SSSR count). The van der Waals surface area contributed by atoms with Crippen molar-refractivity contribution in [1.82, 2.24) is 25.3 Å². The van der Waals surface area contributed by atoms with E-state index in [1.54, 1.807) is 56.4 Å². The van der Waals surface area contributed by atoms with E-state index in [1.165, 1.54) is 14.2 Å². The van der Waals surface area contributed by atoms with Gasteiger partial charge in [-0.15, -0.1) is 0 Å². The molecule has 2 fully saturated rings. The highest BCUT2D eigenvalue weighted by molar-refractivity contribution is 5.95. The highest BCUT2D eigenvalue weighted by atomic mass is 16.6. The molecule has 1 aromatic rings. The van der Waals surface area contributed by atoms with Crippen LogP contribution in [0.2, 0.25) is 0 Å². The van der Waals surface area contributed by atoms with Gasteiger partial charge in [-0.2, -0.15) is 0 Å². The van der Waals surface area contributed by atoms with Crippen LogP contribution in [0.15, 0.2) is 30.3 Å². The fourth-order valence-electron chi connectivity index (χ4n) is 10.2. The predicted molar refractivity (Wildman–Crippen MR) is 299 cm³/mol. The van der Waals surface area contributed by atoms with Gasteiger partial charge in [-0.05, 0) is 70.8 Å². The van der Waals surface area contributed by atoms with Gasteiger partial charge in [-0.1, -0.05) is 71.4 Å². The Balaban J connectivity index is 1.57. The van der Waals surface area contributed by atoms with Crippen molar-refractivity contribution in [3.8, 4) is 0 Å². The third kappa shape index (κ3) is 22.9. The largest absolute Gasteiger partial charge is 0.458 e. The highest BCUT2D eigenvalue weighted by Crippen LogP contribution is 2.32. The van der Waals surface area contributed by atoms with Gasteiger partial charge >= 0.3 is 5.97 Å². The lowest BCUT2D eigenvalue weighted by molar-refractivity contribution is -0.159. The molecule has 9 atom stereocenters. The Bertz CT molecular complexity index is 1960. The quantitative estimate of drug-likeness (QED) is 0.0624. The number of carbonyl (C=O) groups excluding carboxylic acids is 6. The first-order valence-corrected chi connectivity index (χ1v) is 28.6. The molecule has 2 heterocycles. The van der Waals surface area contributed by atoms with Crippen molar-refractivity contribution in [3.63, 3.8) is 0 Å². The Morgan fingerprint density at radius 1 is 0.759 bits per heavy atom. The van der Waals surface area contributed by atoms with E-state index in [-0.39, 0.29) is 62.0 Å². The summed E-state index contributed by atoms with van der Waals surface area (Å²) in [5, 5.41) is 5.98. The number of ether oxygens (including phenoxy) is 9. The van der Waals surface area contributed by atoms with E-state index in [9.17, 15) is 28.8 Å². The van der Waals surface area contributed by atoms with E-state index in [0.29, 0.717) is 118 Å². The van der Waals surface area contributed by atoms with Crippen LogP contribution in [-0.2, 0) is 77.8 Å². The van der Waals surface area contributed by atoms with E-state index in [2.05, 4.69) is 10.6 Å². The predicted octanol–water partition coefficient (Wildman–Crippen LogP) is 3.95. The Hall–Kier alpha value is -4.32. The van der Waals surface area contributed by atoms with Crippen LogP contribution in [0.5, 0.6) is 0 Å². The van der Waals surface area contributed by atoms with Gasteiger partial charge in [0.15, 0.2) is 0 Å². The van der Waals surface area contributed by atoms with Crippen LogP contribution < -0.4 is 16.4 Å². The highest BCUT2D eigenvalue weighted by Gasteiger charge is 2.48. The van der Waals surface area contributed by atoms with E-state index >= 15 is 0 Å². The van der Waals surface area contributed by atoms with Crippen LogP contribution in [0.3, 0.4) is 0 Å². The van der Waals surface area contributed by atoms with Gasteiger partial charge in [0.2, 0.25) is 29.5 Å². The van der Waals surface area contributed by atoms with Crippen molar-refractivity contribution >= 4 is 35.5 Å². The zero-order valence-corrected chi connectivity index (χ0v) is 49.9. The molecule has 0 radical (unpaired) electrons. The number of nitrogens with one attached hydrogen (secondary N) is 2. The minimum Gasteiger partial charge on any atom is -0.458 e. The average Bonchev–Trinajstić information content (AvgIpc) is 4.14. The molecule has 2 aliphatic rings. The van der Waals surface area contributed by atoms with Crippen molar-refractivity contribution in [2.45, 2.75) is 161 Å². The number of nitrogens with zero attached hydrogens (tertiary/aromatic N) is 3. The second-order valence-corrected chi connectivity index (χ2v) is 22.2. The maximum atomic E-state index is 14.7. The molecule has 5 amide bonds. The normalized spacial score (nSPS) is 19.3. The van der Waals surface area contributed by atoms with E-state index < -0.39 is 71.2 Å². The molecule has 0 spiro atoms. The molecule has 4 N–H and O–H groups in total. The Morgan fingerprint density at radius 3 is 1.82 bits per heavy atom. The molecule has 1 aromatic carbocycles. The molecule has 0 aliphatic carbocycles. The molecule has 21 nitrogen and oxygen atoms in total. The van der Waals surface area contributed by atoms with Gasteiger partial charge in [0.05, 0.1) is 122 Å². The fourth-order valence-corrected chi connectivity index (χ4v) is 10.2. The first kappa shape index (κ1) is 69.0. The minimum atomic E-state index is -1.19. The SMILES string of the molecule is CCC(C)C(C(CC(=O)N1CCC[C@H]1C(OC)C(C)C(=O)NC(Cc1ccccc1)C(=O)OC(C)(C)C)OC)N(C)C(=O)C(NC(=O)[C@]1(C)CCCN1C(=O)CCOCCOCCOCCOCCOCCOCCN)C(C)C. The summed E-state index contributed by atoms with van der Waals surface area (Å²) in [5.74, 6) is -3.34. The topological polar surface area (TPSA) is 245 Å². The molecular weight excluding hydrogens is 1020 g/mol. The first-order valence-electron chi connectivity index (χ1n) is 28.6. The number of likely N-dealkylation sites (N-methyl/N-ethyl adjacent to an activating group) is 1. The summed E-state index contributed by atoms with van der Waals surface area (Å²) in [4.78, 5) is 89.7. The van der Waals surface area contributed by atoms with Crippen molar-refractivity contribution in [3.05, 3.63) is 35.9 Å². The molecule has 79 heavy (non-hydrogen) atoms. The smallest absolute Gasteiger partial charge is 0.329 e. The summed E-state index contributed by atoms with van der Waals surface area (Å²) in [6, 6.07) is 6.48. The maximum Gasteiger partial charge on any atom is 0.329 e. The molecular formula is C58H100N6O15. The molecule has 2 aliphatic heterocycles. The lowest BCUT2D eigenvalue weighted by Gasteiger charge is -2.41. The lowest BCUT2D eigenvalue weighted by Crippen LogP contribution is -2.62. The number of nitrogens with two attached hydrogens (primary N) is 1. The second kappa shape index (κ2) is 36.2. The number of likely N-dealkylation sites (tertiary alicyclic amines) is 2. The third-order valence-electron chi connectivity index (χ3n) is 14.8. The number of rotatable bonds is 39. The average molecular weight is 1120 g/mol. The van der Waals surface area contributed by atoms with E-state index in [0.717, 1.165) is 5.56 Å². The molecule has 2 saturated heterocycles. The number of carbonyl (C=O) groups is 6. The fraction of sp³-hybridized carbons (Fsp3) is 0.793. The van der Waals surface area contributed by atoms with Crippen LogP contribution in [0.4, 0.5) is 0 Å². The summed E-state index contributed by atoms with van der Waals surface area (Å²) in [6.07, 6.45) is 1.81. The standard InChI is InChI=1S/C58H100N6O15/c1-13-42(4)51(47(71-11)40-49(66)63-25-17-21-46(63)52(72-12)43(5)53(67)60-45(55(69)79-57(6,7)8)39-44-19-15-14-16-20-44)62(10)54(68)50(41(2)3)61-56(70)58(9)23-18-26-64(58)48(65)22-27-73-29-31-75-33-35-77-37-38-78-36-34-76-32-30-74-28-24-59/h14-16,19-20,41-43,45-47,50-52H,13,17-18,21-40,59H2,1-12H3,(H,60,67)(H,61,70)/t42?,43?,45?,46-,47?,50?,51?,52?,58-/m0/s1. The first-order chi connectivity index (χ1) is 37.6. The number of hydrogen-bond donors (Lipinski definition) is 3. The van der Waals surface area contributed by atoms with Gasteiger partial charge in [0, 0.05) is 47.3 Å². The monoisotopic (exact) mass is 1120 g/mol. The van der Waals surface area contributed by atoms with Crippen molar-refractivity contribution < 1.29 is 71.4 Å². The summed E-state index contributed by atoms with van der Waals surface area (Å²) >= 11 is 0. The van der Waals surface area contributed by atoms with Crippen LogP contribution in [-0.4, -0.2) is 218 Å². The van der Waals surface area contributed by atoms with Crippen molar-refractivity contribution in [2.75, 3.05) is 120 Å². The van der Waals surface area contributed by atoms with Crippen LogP contribution in [0.25, 0.3) is 0 Å². The number of hydrogen-bond acceptors (Lipinski definition) is 16. The third-order valence-corrected chi connectivity index (χ3v) is 14.8. The summed E-state index contributed by atoms with van der Waals surface area (Å²) in [7, 11) is 4.74. The molecule has 21 heteroatoms. The number of esters is 1. The zero-order valence-electron chi connectivity index (χ0n) is 49.9. The Morgan fingerprint density at radius 2 is 1.32 bits per heavy atom. The minimum absolute atomic E-state index is 0.0592. The Kier molecular flexibility index (Phi) is 31.6. The zero-order chi connectivity index (χ0) is 58.5. The number of methoxy groups -OCH3 is 2. The molecule has 0 saturated carbocycles. The number of amides is 5. The van der Waals surface area contributed by atoms with Crippen LogP contribution in [0, 0.1) is 17.8 Å². The van der Waals surface area contributed by atoms with Gasteiger partial charge < -0.3 is 73.7 Å². The molecule has 7 unspecified atom stereocenters. The number of benzene rings is 1. The second-order valence-electron chi connectivity index (χ2n) is 22.2.